The van der Waals surface area contributed by atoms with Gasteiger partial charge in [-0.15, -0.1) is 6.58 Å². The van der Waals surface area contributed by atoms with Gasteiger partial charge in [-0.05, 0) is 58.8 Å². The van der Waals surface area contributed by atoms with Crippen LogP contribution in [0.5, 0.6) is 0 Å². The Balaban J connectivity index is 2.96. The predicted molar refractivity (Wildman–Crippen MR) is 172 cm³/mol. The molecular weight excluding hydrogens is 544 g/mol. The van der Waals surface area contributed by atoms with E-state index in [0.717, 1.165) is 51.4 Å². The highest BCUT2D eigenvalue weighted by atomic mass is 16.6. The van der Waals surface area contributed by atoms with E-state index in [1.807, 2.05) is 13.8 Å². The molecule has 0 amide bonds. The van der Waals surface area contributed by atoms with Gasteiger partial charge in [-0.25, -0.2) is 0 Å². The van der Waals surface area contributed by atoms with Crippen molar-refractivity contribution in [2.24, 2.45) is 17.8 Å². The Morgan fingerprint density at radius 3 is 2.16 bits per heavy atom. The fourth-order valence-corrected chi connectivity index (χ4v) is 6.09. The van der Waals surface area contributed by atoms with Crippen LogP contribution in [0.3, 0.4) is 0 Å². The lowest BCUT2D eigenvalue weighted by molar-refractivity contribution is -0.155. The van der Waals surface area contributed by atoms with E-state index in [4.69, 9.17) is 14.2 Å². The Bertz CT molecular complexity index is 820. The summed E-state index contributed by atoms with van der Waals surface area (Å²) >= 11 is 0. The van der Waals surface area contributed by atoms with Crippen LogP contribution in [0.1, 0.15) is 144 Å². The van der Waals surface area contributed by atoms with Gasteiger partial charge in [-0.3, -0.25) is 14.4 Å². The second kappa shape index (κ2) is 23.3. The van der Waals surface area contributed by atoms with Crippen LogP contribution in [0.25, 0.3) is 0 Å². The molecule has 1 fully saturated rings. The van der Waals surface area contributed by atoms with Crippen molar-refractivity contribution >= 4 is 17.9 Å². The van der Waals surface area contributed by atoms with Gasteiger partial charge in [-0.1, -0.05) is 83.4 Å². The number of unbranched alkanes of at least 4 members (excludes halogenated alkanes) is 7. The Hall–Kier alpha value is -2.15. The van der Waals surface area contributed by atoms with Crippen LogP contribution in [-0.4, -0.2) is 47.4 Å². The highest BCUT2D eigenvalue weighted by Crippen LogP contribution is 2.42. The van der Waals surface area contributed by atoms with Gasteiger partial charge in [-0.2, -0.15) is 0 Å². The van der Waals surface area contributed by atoms with Crippen molar-refractivity contribution in [3.8, 4) is 0 Å². The van der Waals surface area contributed by atoms with Gasteiger partial charge in [0.1, 0.15) is 12.2 Å². The lowest BCUT2D eigenvalue weighted by Gasteiger charge is -2.27. The van der Waals surface area contributed by atoms with Gasteiger partial charge >= 0.3 is 17.9 Å². The number of carbonyl (C=O) groups is 3. The fourth-order valence-electron chi connectivity index (χ4n) is 6.09. The molecule has 1 unspecified atom stereocenters. The molecule has 7 nitrogen and oxygen atoms in total. The van der Waals surface area contributed by atoms with Crippen LogP contribution >= 0.6 is 0 Å². The van der Waals surface area contributed by atoms with E-state index in [9.17, 15) is 19.5 Å². The van der Waals surface area contributed by atoms with Crippen molar-refractivity contribution < 1.29 is 33.7 Å². The summed E-state index contributed by atoms with van der Waals surface area (Å²) in [6.45, 7) is 13.3. The first-order valence-electron chi connectivity index (χ1n) is 17.2. The van der Waals surface area contributed by atoms with Crippen molar-refractivity contribution in [2.75, 3.05) is 0 Å². The van der Waals surface area contributed by atoms with Gasteiger partial charge in [0.15, 0.2) is 0 Å². The molecule has 7 heteroatoms. The normalized spacial score (nSPS) is 21.6. The van der Waals surface area contributed by atoms with E-state index in [0.29, 0.717) is 38.5 Å². The van der Waals surface area contributed by atoms with Crippen LogP contribution in [0, 0.1) is 17.8 Å². The SMILES string of the molecule is C=CC(CCCCCCC)C(=O)O[C@H]1C[C@@H](OC(C)=O)[C@H](CC[C@@H](O)CCCCC)[C@H]1C/C=C\CCCC(=O)OC(C)C. The number of hydrogen-bond acceptors (Lipinski definition) is 7. The minimum atomic E-state index is -0.397. The smallest absolute Gasteiger partial charge is 0.313 e. The number of allylic oxidation sites excluding steroid dienone is 2. The largest absolute Gasteiger partial charge is 0.463 e. The third-order valence-electron chi connectivity index (χ3n) is 8.43. The molecule has 0 heterocycles. The Morgan fingerprint density at radius 1 is 0.860 bits per heavy atom. The first-order chi connectivity index (χ1) is 20.6. The van der Waals surface area contributed by atoms with Gasteiger partial charge in [0.25, 0.3) is 0 Å². The van der Waals surface area contributed by atoms with Crippen molar-refractivity contribution in [1.29, 1.82) is 0 Å². The zero-order chi connectivity index (χ0) is 32.0. The topological polar surface area (TPSA) is 99.1 Å². The summed E-state index contributed by atoms with van der Waals surface area (Å²) in [5.41, 5.74) is 0. The molecule has 1 rings (SSSR count). The Kier molecular flexibility index (Phi) is 21.0. The second-order valence-corrected chi connectivity index (χ2v) is 12.6. The molecule has 0 aromatic carbocycles. The molecule has 0 bridgehead atoms. The van der Waals surface area contributed by atoms with Gasteiger partial charge in [0.2, 0.25) is 0 Å². The van der Waals surface area contributed by atoms with E-state index in [1.165, 1.54) is 26.2 Å². The molecule has 248 valence electrons. The maximum atomic E-state index is 13.3. The number of rotatable bonds is 24. The number of aliphatic hydroxyl groups is 1. The molecular formula is C36H62O7. The summed E-state index contributed by atoms with van der Waals surface area (Å²) in [6.07, 6.45) is 19.2. The van der Waals surface area contributed by atoms with E-state index in [1.54, 1.807) is 6.08 Å². The minimum absolute atomic E-state index is 0.0237. The zero-order valence-corrected chi connectivity index (χ0v) is 27.9. The first kappa shape index (κ1) is 38.9. The van der Waals surface area contributed by atoms with Crippen LogP contribution in [-0.2, 0) is 28.6 Å². The maximum absolute atomic E-state index is 13.3. The Morgan fingerprint density at radius 2 is 1.51 bits per heavy atom. The van der Waals surface area contributed by atoms with E-state index in [-0.39, 0.29) is 54.0 Å². The van der Waals surface area contributed by atoms with Gasteiger partial charge in [0, 0.05) is 31.6 Å². The summed E-state index contributed by atoms with van der Waals surface area (Å²) in [4.78, 5) is 37.2. The summed E-state index contributed by atoms with van der Waals surface area (Å²) in [5, 5.41) is 10.7. The number of ether oxygens (including phenoxy) is 3. The molecule has 1 aliphatic carbocycles. The van der Waals surface area contributed by atoms with Gasteiger partial charge in [0.05, 0.1) is 18.1 Å². The standard InChI is InChI=1S/C36H62O7/c1-7-10-12-13-17-20-29(9-3)36(40)43-34-26-33(42-28(6)37)32(25-24-30(38)21-16-11-8-2)31(34)22-18-14-15-19-23-35(39)41-27(4)5/h9,14,18,27,29-34,38H,3,7-8,10-13,15-17,19-26H2,1-2,4-6H3/b18-14-/t29?,30-,31+,32+,33+,34-/m0/s1. The van der Waals surface area contributed by atoms with Crippen molar-refractivity contribution in [1.82, 2.24) is 0 Å². The molecule has 1 saturated carbocycles. The lowest BCUT2D eigenvalue weighted by Crippen LogP contribution is -2.29. The molecule has 6 atom stereocenters. The number of aliphatic hydroxyl groups excluding tert-OH is 1. The zero-order valence-electron chi connectivity index (χ0n) is 27.9. The van der Waals surface area contributed by atoms with Crippen LogP contribution in [0.15, 0.2) is 24.8 Å². The molecule has 0 aromatic rings. The third-order valence-corrected chi connectivity index (χ3v) is 8.43. The Labute approximate surface area is 262 Å². The predicted octanol–water partition coefficient (Wildman–Crippen LogP) is 8.42. The third kappa shape index (κ3) is 17.1. The monoisotopic (exact) mass is 606 g/mol. The van der Waals surface area contributed by atoms with E-state index in [2.05, 4.69) is 32.6 Å². The average Bonchev–Trinajstić information content (AvgIpc) is 3.25. The summed E-state index contributed by atoms with van der Waals surface area (Å²) in [5.74, 6) is -1.19. The highest BCUT2D eigenvalue weighted by molar-refractivity contribution is 5.74. The molecule has 1 aliphatic rings. The maximum Gasteiger partial charge on any atom is 0.313 e. The van der Waals surface area contributed by atoms with Crippen LogP contribution in [0.2, 0.25) is 0 Å². The molecule has 0 radical (unpaired) electrons. The molecule has 0 aromatic heterocycles. The lowest BCUT2D eigenvalue weighted by atomic mass is 9.85. The second-order valence-electron chi connectivity index (χ2n) is 12.6. The number of carbonyl (C=O) groups excluding carboxylic acids is 3. The van der Waals surface area contributed by atoms with Gasteiger partial charge < -0.3 is 19.3 Å². The summed E-state index contributed by atoms with van der Waals surface area (Å²) < 4.78 is 17.2. The minimum Gasteiger partial charge on any atom is -0.463 e. The molecule has 0 saturated heterocycles. The van der Waals surface area contributed by atoms with Crippen molar-refractivity contribution in [3.05, 3.63) is 24.8 Å². The van der Waals surface area contributed by atoms with Crippen molar-refractivity contribution in [2.45, 2.75) is 168 Å². The van der Waals surface area contributed by atoms with Crippen LogP contribution in [0.4, 0.5) is 0 Å². The van der Waals surface area contributed by atoms with E-state index >= 15 is 0 Å². The number of esters is 3. The first-order valence-corrected chi connectivity index (χ1v) is 17.2. The summed E-state index contributed by atoms with van der Waals surface area (Å²) in [7, 11) is 0. The molecule has 1 N–H and O–H groups in total. The fraction of sp³-hybridized carbons (Fsp3) is 0.806. The summed E-state index contributed by atoms with van der Waals surface area (Å²) in [6, 6.07) is 0. The van der Waals surface area contributed by atoms with E-state index < -0.39 is 6.10 Å². The average molecular weight is 607 g/mol. The molecule has 0 spiro atoms. The van der Waals surface area contributed by atoms with Crippen molar-refractivity contribution in [3.63, 3.8) is 0 Å². The molecule has 0 aliphatic heterocycles. The van der Waals surface area contributed by atoms with Crippen LogP contribution < -0.4 is 0 Å². The quantitative estimate of drug-likeness (QED) is 0.0509. The molecule has 43 heavy (non-hydrogen) atoms. The highest BCUT2D eigenvalue weighted by Gasteiger charge is 2.46. The number of hydrogen-bond donors (Lipinski definition) is 1.